The number of hydrogen-bond donors (Lipinski definition) is 0. The van der Waals surface area contributed by atoms with Gasteiger partial charge in [-0.3, -0.25) is 0 Å². The Morgan fingerprint density at radius 1 is 0.414 bits per heavy atom. The lowest BCUT2D eigenvalue weighted by Gasteiger charge is -2.26. The maximum Gasteiger partial charge on any atom is 0.00405 e. The molecule has 0 heterocycles. The van der Waals surface area contributed by atoms with Crippen molar-refractivity contribution in [3.8, 4) is 0 Å². The van der Waals surface area contributed by atoms with Crippen LogP contribution in [0.5, 0.6) is 0 Å². The maximum absolute atomic E-state index is 2.34. The Bertz CT molecular complexity index is 938. The smallest absolute Gasteiger partial charge is 0.00405 e. The lowest BCUT2D eigenvalue weighted by atomic mass is 10.2. The first-order valence-electron chi connectivity index (χ1n) is 9.99. The average Bonchev–Trinajstić information content (AvgIpc) is 2.77. The molecule has 0 aliphatic heterocycles. The third kappa shape index (κ3) is 5.02. The number of benzene rings is 4. The van der Waals surface area contributed by atoms with Crippen molar-refractivity contribution in [1.82, 2.24) is 0 Å². The summed E-state index contributed by atoms with van der Waals surface area (Å²) in [4.78, 5) is 0. The first-order valence-corrected chi connectivity index (χ1v) is 13.0. The van der Waals surface area contributed by atoms with Gasteiger partial charge >= 0.3 is 0 Å². The van der Waals surface area contributed by atoms with Gasteiger partial charge in [0.25, 0.3) is 0 Å². The van der Waals surface area contributed by atoms with Crippen molar-refractivity contribution in [3.63, 3.8) is 0 Å². The molecule has 0 bridgehead atoms. The topological polar surface area (TPSA) is 0 Å². The highest BCUT2D eigenvalue weighted by atomic mass is 31.2. The van der Waals surface area contributed by atoms with Crippen molar-refractivity contribution < 1.29 is 0 Å². The van der Waals surface area contributed by atoms with Gasteiger partial charge in [0, 0.05) is 5.90 Å². The van der Waals surface area contributed by atoms with Gasteiger partial charge in [-0.25, -0.2) is 0 Å². The quantitative estimate of drug-likeness (QED) is 0.350. The molecule has 0 atom stereocenters. The maximum atomic E-state index is 2.34. The molecule has 0 saturated heterocycles. The van der Waals surface area contributed by atoms with E-state index in [0.29, 0.717) is 0 Å². The number of rotatable bonds is 6. The number of aryl methyl sites for hydroxylation is 2. The molecule has 4 aromatic carbocycles. The third-order valence-electron chi connectivity index (χ3n) is 5.11. The molecule has 0 fully saturated rings. The summed E-state index contributed by atoms with van der Waals surface area (Å²) in [6, 6.07) is 40.5. The molecular formula is C27H26P2. The molecule has 2 heteroatoms. The van der Waals surface area contributed by atoms with Crippen LogP contribution in [-0.4, -0.2) is 5.90 Å². The zero-order valence-corrected chi connectivity index (χ0v) is 18.8. The standard InChI is InChI=1S/C27H26P2/c1-22-13-17-26(18-14-22)29(27-19-15-23(2)16-20-27)21-28(24-9-5-3-6-10-24)25-11-7-4-8-12-25/h3-20H,21H2,1-2H3. The second-order valence-corrected chi connectivity index (χ2v) is 12.2. The Balaban J connectivity index is 1.78. The lowest BCUT2D eigenvalue weighted by Crippen LogP contribution is -2.19. The molecule has 0 N–H and O–H groups in total. The summed E-state index contributed by atoms with van der Waals surface area (Å²) in [6.45, 7) is 4.33. The van der Waals surface area contributed by atoms with Crippen molar-refractivity contribution in [2.24, 2.45) is 0 Å². The summed E-state index contributed by atoms with van der Waals surface area (Å²) >= 11 is 0. The van der Waals surface area contributed by atoms with Gasteiger partial charge in [-0.2, -0.15) is 0 Å². The normalized spacial score (nSPS) is 11.2. The second-order valence-electron chi connectivity index (χ2n) is 7.34. The Kier molecular flexibility index (Phi) is 6.56. The fourth-order valence-electron chi connectivity index (χ4n) is 3.43. The summed E-state index contributed by atoms with van der Waals surface area (Å²) in [6.07, 6.45) is 0. The Labute approximate surface area is 177 Å². The molecule has 0 aromatic heterocycles. The van der Waals surface area contributed by atoms with E-state index in [0.717, 1.165) is 0 Å². The van der Waals surface area contributed by atoms with E-state index in [1.165, 1.54) is 38.2 Å². The van der Waals surface area contributed by atoms with Crippen molar-refractivity contribution in [2.75, 3.05) is 5.90 Å². The van der Waals surface area contributed by atoms with Crippen LogP contribution in [0.15, 0.2) is 109 Å². The van der Waals surface area contributed by atoms with Gasteiger partial charge in [-0.05, 0) is 50.9 Å². The van der Waals surface area contributed by atoms with Crippen LogP contribution in [0.1, 0.15) is 11.1 Å². The van der Waals surface area contributed by atoms with Gasteiger partial charge < -0.3 is 0 Å². The molecule has 4 rings (SSSR count). The zero-order chi connectivity index (χ0) is 20.1. The minimum absolute atomic E-state index is 0.424. The molecule has 0 amide bonds. The van der Waals surface area contributed by atoms with Crippen LogP contribution < -0.4 is 21.2 Å². The molecule has 0 aliphatic rings. The van der Waals surface area contributed by atoms with Crippen LogP contribution in [-0.2, 0) is 0 Å². The van der Waals surface area contributed by atoms with Gasteiger partial charge in [0.2, 0.25) is 0 Å². The molecule has 0 saturated carbocycles. The van der Waals surface area contributed by atoms with Crippen molar-refractivity contribution >= 4 is 37.1 Å². The first-order chi connectivity index (χ1) is 14.2. The highest BCUT2D eigenvalue weighted by Crippen LogP contribution is 2.48. The highest BCUT2D eigenvalue weighted by molar-refractivity contribution is 7.88. The van der Waals surface area contributed by atoms with Gasteiger partial charge in [0.05, 0.1) is 0 Å². The SMILES string of the molecule is Cc1ccc(P(CP(c2ccccc2)c2ccccc2)c2ccc(C)cc2)cc1. The van der Waals surface area contributed by atoms with E-state index < -0.39 is 15.8 Å². The minimum atomic E-state index is -0.433. The van der Waals surface area contributed by atoms with Crippen LogP contribution >= 0.6 is 15.8 Å². The predicted molar refractivity (Wildman–Crippen MR) is 132 cm³/mol. The summed E-state index contributed by atoms with van der Waals surface area (Å²) in [7, 11) is -0.857. The fraction of sp³-hybridized carbons (Fsp3) is 0.111. The van der Waals surface area contributed by atoms with Gasteiger partial charge in [-0.1, -0.05) is 120 Å². The largest absolute Gasteiger partial charge is 0.0622 e. The van der Waals surface area contributed by atoms with E-state index in [-0.39, 0.29) is 0 Å². The summed E-state index contributed by atoms with van der Waals surface area (Å²) in [5.74, 6) is 1.17. The molecule has 4 aromatic rings. The van der Waals surface area contributed by atoms with E-state index >= 15 is 0 Å². The van der Waals surface area contributed by atoms with Crippen molar-refractivity contribution in [3.05, 3.63) is 120 Å². The van der Waals surface area contributed by atoms with Crippen LogP contribution in [0, 0.1) is 13.8 Å². The third-order valence-corrected chi connectivity index (χ3v) is 11.1. The molecule has 0 spiro atoms. The van der Waals surface area contributed by atoms with E-state index in [1.54, 1.807) is 0 Å². The fourth-order valence-corrected chi connectivity index (χ4v) is 9.85. The molecule has 0 aliphatic carbocycles. The van der Waals surface area contributed by atoms with Crippen LogP contribution in [0.4, 0.5) is 0 Å². The molecule has 0 unspecified atom stereocenters. The van der Waals surface area contributed by atoms with Gasteiger partial charge in [0.15, 0.2) is 0 Å². The zero-order valence-electron chi connectivity index (χ0n) is 17.0. The summed E-state index contributed by atoms with van der Waals surface area (Å²) < 4.78 is 0. The molecule has 29 heavy (non-hydrogen) atoms. The first kappa shape index (κ1) is 20.0. The predicted octanol–water partition coefficient (Wildman–Crippen LogP) is 5.83. The molecule has 144 valence electrons. The molecular weight excluding hydrogens is 386 g/mol. The Morgan fingerprint density at radius 2 is 0.724 bits per heavy atom. The second kappa shape index (κ2) is 9.49. The highest BCUT2D eigenvalue weighted by Gasteiger charge is 2.22. The van der Waals surface area contributed by atoms with E-state index in [2.05, 4.69) is 123 Å². The summed E-state index contributed by atoms with van der Waals surface area (Å²) in [5.41, 5.74) is 2.64. The monoisotopic (exact) mass is 412 g/mol. The number of hydrogen-bond acceptors (Lipinski definition) is 0. The minimum Gasteiger partial charge on any atom is -0.0622 e. The van der Waals surface area contributed by atoms with E-state index in [9.17, 15) is 0 Å². The van der Waals surface area contributed by atoms with Crippen LogP contribution in [0.25, 0.3) is 0 Å². The van der Waals surface area contributed by atoms with Crippen molar-refractivity contribution in [1.29, 1.82) is 0 Å². The molecule has 0 radical (unpaired) electrons. The van der Waals surface area contributed by atoms with Crippen molar-refractivity contribution in [2.45, 2.75) is 13.8 Å². The molecule has 0 nitrogen and oxygen atoms in total. The average molecular weight is 412 g/mol. The van der Waals surface area contributed by atoms with Crippen LogP contribution in [0.3, 0.4) is 0 Å². The van der Waals surface area contributed by atoms with E-state index in [4.69, 9.17) is 0 Å². The lowest BCUT2D eigenvalue weighted by molar-refractivity contribution is 1.48. The van der Waals surface area contributed by atoms with E-state index in [1.807, 2.05) is 0 Å². The van der Waals surface area contributed by atoms with Gasteiger partial charge in [-0.15, -0.1) is 0 Å². The Morgan fingerprint density at radius 3 is 1.07 bits per heavy atom. The Hall–Kier alpha value is -2.26. The summed E-state index contributed by atoms with van der Waals surface area (Å²) in [5, 5.41) is 5.85. The van der Waals surface area contributed by atoms with Crippen LogP contribution in [0.2, 0.25) is 0 Å². The van der Waals surface area contributed by atoms with Gasteiger partial charge in [0.1, 0.15) is 0 Å².